The quantitative estimate of drug-likeness (QED) is 0.699. The highest BCUT2D eigenvalue weighted by molar-refractivity contribution is 4.98. The topological polar surface area (TPSA) is 49.8 Å². The summed E-state index contributed by atoms with van der Waals surface area (Å²) in [5, 5.41) is 9.24. The van der Waals surface area contributed by atoms with Gasteiger partial charge in [-0.3, -0.25) is 0 Å². The van der Waals surface area contributed by atoms with Gasteiger partial charge in [-0.25, -0.2) is 0 Å². The van der Waals surface area contributed by atoms with E-state index in [1.807, 2.05) is 19.1 Å². The van der Waals surface area contributed by atoms with Crippen molar-refractivity contribution in [2.24, 2.45) is 23.0 Å². The molecule has 0 spiro atoms. The first-order valence-corrected chi connectivity index (χ1v) is 6.17. The molecule has 2 heteroatoms. The van der Waals surface area contributed by atoms with Crippen LogP contribution in [0.2, 0.25) is 0 Å². The van der Waals surface area contributed by atoms with E-state index < -0.39 is 0 Å². The summed E-state index contributed by atoms with van der Waals surface area (Å²) in [7, 11) is 0. The van der Waals surface area contributed by atoms with Crippen LogP contribution in [0.15, 0.2) is 12.2 Å². The number of hydrogen-bond acceptors (Lipinski definition) is 2. The largest absolute Gasteiger partial charge is 0.324 e. The summed E-state index contributed by atoms with van der Waals surface area (Å²) in [6.45, 7) is 10.6. The van der Waals surface area contributed by atoms with Crippen molar-refractivity contribution in [1.82, 2.24) is 0 Å². The molecule has 0 aromatic heterocycles. The van der Waals surface area contributed by atoms with Gasteiger partial charge in [-0.05, 0) is 31.1 Å². The molecule has 0 bridgehead atoms. The van der Waals surface area contributed by atoms with E-state index in [1.165, 1.54) is 0 Å². The van der Waals surface area contributed by atoms with Crippen LogP contribution in [0.5, 0.6) is 0 Å². The lowest BCUT2D eigenvalue weighted by molar-refractivity contribution is 0.215. The lowest BCUT2D eigenvalue weighted by Crippen LogP contribution is -2.31. The zero-order chi connectivity index (χ0) is 12.8. The molecular weight excluding hydrogens is 196 g/mol. The molecular formula is C14H26N2. The number of allylic oxidation sites excluding steroid dienone is 1. The van der Waals surface area contributed by atoms with Gasteiger partial charge in [0.15, 0.2) is 0 Å². The van der Waals surface area contributed by atoms with Crippen molar-refractivity contribution in [2.75, 3.05) is 0 Å². The minimum Gasteiger partial charge on any atom is -0.324 e. The Kier molecular flexibility index (Phi) is 6.36. The van der Waals surface area contributed by atoms with Crippen molar-refractivity contribution in [2.45, 2.75) is 53.5 Å². The van der Waals surface area contributed by atoms with Crippen LogP contribution >= 0.6 is 0 Å². The molecule has 0 aliphatic carbocycles. The van der Waals surface area contributed by atoms with E-state index in [4.69, 9.17) is 5.73 Å². The summed E-state index contributed by atoms with van der Waals surface area (Å²) in [5.41, 5.74) is 6.10. The van der Waals surface area contributed by atoms with Crippen molar-refractivity contribution in [1.29, 1.82) is 5.26 Å². The molecule has 3 atom stereocenters. The van der Waals surface area contributed by atoms with Crippen LogP contribution in [-0.4, -0.2) is 6.04 Å². The third-order valence-electron chi connectivity index (χ3n) is 3.69. The van der Waals surface area contributed by atoms with Crippen LogP contribution < -0.4 is 5.73 Å². The van der Waals surface area contributed by atoms with Gasteiger partial charge in [0.05, 0.1) is 12.0 Å². The zero-order valence-electron chi connectivity index (χ0n) is 11.3. The van der Waals surface area contributed by atoms with Gasteiger partial charge in [-0.1, -0.05) is 39.8 Å². The molecule has 0 amide bonds. The first kappa shape index (κ1) is 15.2. The maximum Gasteiger partial charge on any atom is 0.0661 e. The fourth-order valence-corrected chi connectivity index (χ4v) is 1.73. The molecule has 0 rings (SSSR count). The van der Waals surface area contributed by atoms with E-state index in [-0.39, 0.29) is 17.4 Å². The normalized spacial score (nSPS) is 18.1. The van der Waals surface area contributed by atoms with Gasteiger partial charge in [0.1, 0.15) is 0 Å². The minimum atomic E-state index is 0.0634. The van der Waals surface area contributed by atoms with Crippen molar-refractivity contribution in [3.05, 3.63) is 12.2 Å². The summed E-state index contributed by atoms with van der Waals surface area (Å²) in [5.74, 6) is 0.440. The predicted octanol–water partition coefficient (Wildman–Crippen LogP) is 3.49. The van der Waals surface area contributed by atoms with E-state index in [9.17, 15) is 5.26 Å². The van der Waals surface area contributed by atoms with E-state index >= 15 is 0 Å². The first-order chi connectivity index (χ1) is 7.38. The summed E-state index contributed by atoms with van der Waals surface area (Å²) in [4.78, 5) is 0. The summed E-state index contributed by atoms with van der Waals surface area (Å²) >= 11 is 0. The van der Waals surface area contributed by atoms with Gasteiger partial charge in [0.2, 0.25) is 0 Å². The molecule has 0 aliphatic rings. The van der Waals surface area contributed by atoms with E-state index in [2.05, 4.69) is 33.8 Å². The summed E-state index contributed by atoms with van der Waals surface area (Å²) < 4.78 is 0. The Hall–Kier alpha value is -0.810. The van der Waals surface area contributed by atoms with Gasteiger partial charge in [0, 0.05) is 6.04 Å². The van der Waals surface area contributed by atoms with Crippen molar-refractivity contribution < 1.29 is 0 Å². The predicted molar refractivity (Wildman–Crippen MR) is 69.7 cm³/mol. The molecule has 0 heterocycles. The monoisotopic (exact) mass is 222 g/mol. The standard InChI is InChI=1S/C14H26N2/c1-6-8-13(16)11(3)9-12(10-15)14(4,5)7-2/h6,8,11-13H,7,9,16H2,1-5H3. The fourth-order valence-electron chi connectivity index (χ4n) is 1.73. The van der Waals surface area contributed by atoms with Crippen LogP contribution in [0.4, 0.5) is 0 Å². The zero-order valence-corrected chi connectivity index (χ0v) is 11.3. The number of hydrogen-bond donors (Lipinski definition) is 1. The van der Waals surface area contributed by atoms with Crippen LogP contribution in [0.1, 0.15) is 47.5 Å². The van der Waals surface area contributed by atoms with Crippen molar-refractivity contribution >= 4 is 0 Å². The Morgan fingerprint density at radius 3 is 2.38 bits per heavy atom. The number of nitrogens with zero attached hydrogens (tertiary/aromatic N) is 1. The molecule has 16 heavy (non-hydrogen) atoms. The SMILES string of the molecule is CC=CC(N)C(C)CC(C#N)C(C)(C)CC. The van der Waals surface area contributed by atoms with Crippen molar-refractivity contribution in [3.63, 3.8) is 0 Å². The average Bonchev–Trinajstić information content (AvgIpc) is 2.25. The Balaban J connectivity index is 4.51. The number of rotatable bonds is 6. The van der Waals surface area contributed by atoms with E-state index in [0.717, 1.165) is 12.8 Å². The van der Waals surface area contributed by atoms with Gasteiger partial charge < -0.3 is 5.73 Å². The van der Waals surface area contributed by atoms with Gasteiger partial charge in [-0.15, -0.1) is 0 Å². The molecule has 0 aliphatic heterocycles. The van der Waals surface area contributed by atoms with Gasteiger partial charge in [-0.2, -0.15) is 5.26 Å². The molecule has 3 unspecified atom stereocenters. The molecule has 0 aromatic rings. The van der Waals surface area contributed by atoms with Crippen LogP contribution in [-0.2, 0) is 0 Å². The smallest absolute Gasteiger partial charge is 0.0661 e. The second-order valence-corrected chi connectivity index (χ2v) is 5.34. The summed E-state index contributed by atoms with van der Waals surface area (Å²) in [6, 6.07) is 2.50. The van der Waals surface area contributed by atoms with Crippen LogP contribution in [0, 0.1) is 28.6 Å². The maximum atomic E-state index is 9.24. The highest BCUT2D eigenvalue weighted by Crippen LogP contribution is 2.34. The molecule has 0 fully saturated rings. The maximum absolute atomic E-state index is 9.24. The Morgan fingerprint density at radius 2 is 2.00 bits per heavy atom. The lowest BCUT2D eigenvalue weighted by Gasteiger charge is -2.31. The minimum absolute atomic E-state index is 0.0634. The Morgan fingerprint density at radius 1 is 1.44 bits per heavy atom. The third kappa shape index (κ3) is 4.37. The lowest BCUT2D eigenvalue weighted by atomic mass is 9.73. The summed E-state index contributed by atoms with van der Waals surface area (Å²) in [6.07, 6.45) is 5.89. The second-order valence-electron chi connectivity index (χ2n) is 5.34. The molecule has 0 saturated carbocycles. The average molecular weight is 222 g/mol. The van der Waals surface area contributed by atoms with E-state index in [0.29, 0.717) is 5.92 Å². The third-order valence-corrected chi connectivity index (χ3v) is 3.69. The Bertz CT molecular complexity index is 260. The van der Waals surface area contributed by atoms with Crippen molar-refractivity contribution in [3.8, 4) is 6.07 Å². The van der Waals surface area contributed by atoms with Gasteiger partial charge in [0.25, 0.3) is 0 Å². The molecule has 0 radical (unpaired) electrons. The molecule has 92 valence electrons. The first-order valence-electron chi connectivity index (χ1n) is 6.17. The highest BCUT2D eigenvalue weighted by Gasteiger charge is 2.29. The van der Waals surface area contributed by atoms with Crippen LogP contribution in [0.3, 0.4) is 0 Å². The van der Waals surface area contributed by atoms with Gasteiger partial charge >= 0.3 is 0 Å². The molecule has 0 saturated heterocycles. The second kappa shape index (κ2) is 6.70. The molecule has 2 N–H and O–H groups in total. The number of nitriles is 1. The number of nitrogens with two attached hydrogens (primary N) is 1. The molecule has 0 aromatic carbocycles. The van der Waals surface area contributed by atoms with Crippen LogP contribution in [0.25, 0.3) is 0 Å². The Labute approximate surface area is 101 Å². The highest BCUT2D eigenvalue weighted by atomic mass is 14.6. The fraction of sp³-hybridized carbons (Fsp3) is 0.786. The van der Waals surface area contributed by atoms with E-state index in [1.54, 1.807) is 0 Å². The molecule has 2 nitrogen and oxygen atoms in total.